The van der Waals surface area contributed by atoms with Gasteiger partial charge in [-0.1, -0.05) is 0 Å². The maximum absolute atomic E-state index is 9.23. The second-order valence-corrected chi connectivity index (χ2v) is 4.20. The molecule has 2 atom stereocenters. The standard InChI is InChI=1S/C12H21N3O/c1-10(13)12(9-16)15(2)8-5-11-3-6-14-7-4-11/h3-4,6-7,10,12,16H,5,8-9,13H2,1-2H3. The van der Waals surface area contributed by atoms with Gasteiger partial charge >= 0.3 is 0 Å². The summed E-state index contributed by atoms with van der Waals surface area (Å²) in [5.41, 5.74) is 7.06. The Balaban J connectivity index is 2.43. The van der Waals surface area contributed by atoms with E-state index in [0.29, 0.717) is 0 Å². The smallest absolute Gasteiger partial charge is 0.0601 e. The Morgan fingerprint density at radius 1 is 1.44 bits per heavy atom. The predicted octanol–water partition coefficient (Wildman–Crippen LogP) is 0.264. The molecule has 0 spiro atoms. The van der Waals surface area contributed by atoms with Gasteiger partial charge in [0.15, 0.2) is 0 Å². The van der Waals surface area contributed by atoms with E-state index in [1.54, 1.807) is 12.4 Å². The highest BCUT2D eigenvalue weighted by Gasteiger charge is 2.17. The molecule has 0 aromatic carbocycles. The molecule has 0 saturated heterocycles. The third-order valence-corrected chi connectivity index (χ3v) is 2.86. The van der Waals surface area contributed by atoms with Crippen LogP contribution in [0.4, 0.5) is 0 Å². The van der Waals surface area contributed by atoms with Crippen LogP contribution in [0.5, 0.6) is 0 Å². The van der Waals surface area contributed by atoms with Crippen molar-refractivity contribution >= 4 is 0 Å². The van der Waals surface area contributed by atoms with Crippen molar-refractivity contribution in [3.63, 3.8) is 0 Å². The Labute approximate surface area is 97.1 Å². The number of hydrogen-bond acceptors (Lipinski definition) is 4. The number of hydrogen-bond donors (Lipinski definition) is 2. The van der Waals surface area contributed by atoms with E-state index in [9.17, 15) is 5.11 Å². The number of likely N-dealkylation sites (N-methyl/N-ethyl adjacent to an activating group) is 1. The first-order valence-corrected chi connectivity index (χ1v) is 5.60. The first kappa shape index (κ1) is 13.1. The van der Waals surface area contributed by atoms with E-state index in [2.05, 4.69) is 9.88 Å². The molecule has 1 heterocycles. The van der Waals surface area contributed by atoms with Crippen LogP contribution in [0.25, 0.3) is 0 Å². The fourth-order valence-corrected chi connectivity index (χ4v) is 1.73. The lowest BCUT2D eigenvalue weighted by Crippen LogP contribution is -2.47. The molecule has 0 aliphatic carbocycles. The number of nitrogens with two attached hydrogens (primary N) is 1. The van der Waals surface area contributed by atoms with Gasteiger partial charge in [-0.2, -0.15) is 0 Å². The van der Waals surface area contributed by atoms with Gasteiger partial charge in [-0.25, -0.2) is 0 Å². The predicted molar refractivity (Wildman–Crippen MR) is 65.1 cm³/mol. The molecular weight excluding hydrogens is 202 g/mol. The van der Waals surface area contributed by atoms with Gasteiger partial charge in [-0.05, 0) is 38.1 Å². The third-order valence-electron chi connectivity index (χ3n) is 2.86. The molecule has 90 valence electrons. The summed E-state index contributed by atoms with van der Waals surface area (Å²) in [5.74, 6) is 0. The highest BCUT2D eigenvalue weighted by molar-refractivity contribution is 5.09. The van der Waals surface area contributed by atoms with E-state index >= 15 is 0 Å². The number of aliphatic hydroxyl groups excluding tert-OH is 1. The monoisotopic (exact) mass is 223 g/mol. The van der Waals surface area contributed by atoms with Crippen molar-refractivity contribution < 1.29 is 5.11 Å². The van der Waals surface area contributed by atoms with Crippen LogP contribution >= 0.6 is 0 Å². The van der Waals surface area contributed by atoms with Crippen LogP contribution in [-0.4, -0.2) is 47.3 Å². The van der Waals surface area contributed by atoms with Crippen LogP contribution in [0, 0.1) is 0 Å². The maximum atomic E-state index is 9.23. The van der Waals surface area contributed by atoms with Crippen molar-refractivity contribution in [3.8, 4) is 0 Å². The second-order valence-electron chi connectivity index (χ2n) is 4.20. The summed E-state index contributed by atoms with van der Waals surface area (Å²) < 4.78 is 0. The Morgan fingerprint density at radius 3 is 2.56 bits per heavy atom. The van der Waals surface area contributed by atoms with Gasteiger partial charge in [0.25, 0.3) is 0 Å². The molecule has 16 heavy (non-hydrogen) atoms. The summed E-state index contributed by atoms with van der Waals surface area (Å²) in [7, 11) is 1.99. The molecule has 1 aromatic heterocycles. The Kier molecular flexibility index (Phi) is 5.38. The third kappa shape index (κ3) is 3.89. The minimum absolute atomic E-state index is 0.0209. The summed E-state index contributed by atoms with van der Waals surface area (Å²) in [4.78, 5) is 6.08. The van der Waals surface area contributed by atoms with Crippen LogP contribution in [0.2, 0.25) is 0 Å². The van der Waals surface area contributed by atoms with Crippen molar-refractivity contribution in [2.45, 2.75) is 25.4 Å². The Hall–Kier alpha value is -0.970. The number of nitrogens with zero attached hydrogens (tertiary/aromatic N) is 2. The van der Waals surface area contributed by atoms with Crippen LogP contribution in [0.1, 0.15) is 12.5 Å². The van der Waals surface area contributed by atoms with Crippen molar-refractivity contribution in [1.29, 1.82) is 0 Å². The normalized spacial score (nSPS) is 15.1. The fraction of sp³-hybridized carbons (Fsp3) is 0.583. The molecule has 1 aromatic rings. The van der Waals surface area contributed by atoms with Gasteiger partial charge in [0.2, 0.25) is 0 Å². The molecule has 0 saturated carbocycles. The Bertz CT molecular complexity index is 290. The molecule has 0 fully saturated rings. The molecule has 4 nitrogen and oxygen atoms in total. The van der Waals surface area contributed by atoms with Gasteiger partial charge in [-0.3, -0.25) is 9.88 Å². The van der Waals surface area contributed by atoms with Crippen molar-refractivity contribution in [1.82, 2.24) is 9.88 Å². The van der Waals surface area contributed by atoms with Gasteiger partial charge in [0.05, 0.1) is 6.61 Å². The fourth-order valence-electron chi connectivity index (χ4n) is 1.73. The van der Waals surface area contributed by atoms with Crippen LogP contribution < -0.4 is 5.73 Å². The van der Waals surface area contributed by atoms with Crippen molar-refractivity contribution in [2.75, 3.05) is 20.2 Å². The second kappa shape index (κ2) is 6.58. The first-order chi connectivity index (χ1) is 7.65. The highest BCUT2D eigenvalue weighted by Crippen LogP contribution is 2.04. The molecular formula is C12H21N3O. The average molecular weight is 223 g/mol. The van der Waals surface area contributed by atoms with Gasteiger partial charge in [0.1, 0.15) is 0 Å². The molecule has 3 N–H and O–H groups in total. The lowest BCUT2D eigenvalue weighted by Gasteiger charge is -2.29. The molecule has 1 rings (SSSR count). The molecule has 2 unspecified atom stereocenters. The maximum Gasteiger partial charge on any atom is 0.0601 e. The summed E-state index contributed by atoms with van der Waals surface area (Å²) in [6, 6.07) is 4.02. The van der Waals surface area contributed by atoms with Crippen LogP contribution in [0.3, 0.4) is 0 Å². The first-order valence-electron chi connectivity index (χ1n) is 5.60. The van der Waals surface area contributed by atoms with Gasteiger partial charge in [-0.15, -0.1) is 0 Å². The zero-order valence-corrected chi connectivity index (χ0v) is 10.0. The quantitative estimate of drug-likeness (QED) is 0.726. The van der Waals surface area contributed by atoms with E-state index in [1.807, 2.05) is 26.1 Å². The zero-order chi connectivity index (χ0) is 12.0. The van der Waals surface area contributed by atoms with Crippen LogP contribution in [-0.2, 0) is 6.42 Å². The number of pyridine rings is 1. The lowest BCUT2D eigenvalue weighted by atomic mass is 10.1. The molecule has 0 aliphatic heterocycles. The van der Waals surface area contributed by atoms with Gasteiger partial charge < -0.3 is 10.8 Å². The molecule has 0 radical (unpaired) electrons. The molecule has 0 aliphatic rings. The minimum atomic E-state index is -0.0209. The van der Waals surface area contributed by atoms with Crippen LogP contribution in [0.15, 0.2) is 24.5 Å². The topological polar surface area (TPSA) is 62.4 Å². The molecule has 4 heteroatoms. The van der Waals surface area contributed by atoms with Crippen molar-refractivity contribution in [2.24, 2.45) is 5.73 Å². The summed E-state index contributed by atoms with van der Waals surface area (Å²) >= 11 is 0. The number of rotatable bonds is 6. The Morgan fingerprint density at radius 2 is 2.06 bits per heavy atom. The summed E-state index contributed by atoms with van der Waals surface area (Å²) in [6.45, 7) is 2.91. The molecule has 0 amide bonds. The van der Waals surface area contributed by atoms with E-state index in [4.69, 9.17) is 5.73 Å². The van der Waals surface area contributed by atoms with Crippen molar-refractivity contribution in [3.05, 3.63) is 30.1 Å². The number of aromatic nitrogens is 1. The lowest BCUT2D eigenvalue weighted by molar-refractivity contribution is 0.132. The summed E-state index contributed by atoms with van der Waals surface area (Å²) in [6.07, 6.45) is 4.54. The average Bonchev–Trinajstić information content (AvgIpc) is 2.28. The summed E-state index contributed by atoms with van der Waals surface area (Å²) in [5, 5.41) is 9.23. The minimum Gasteiger partial charge on any atom is -0.395 e. The van der Waals surface area contributed by atoms with Gasteiger partial charge in [0, 0.05) is 31.0 Å². The number of aliphatic hydroxyl groups is 1. The van der Waals surface area contributed by atoms with E-state index in [0.717, 1.165) is 13.0 Å². The van der Waals surface area contributed by atoms with E-state index < -0.39 is 0 Å². The SMILES string of the molecule is CC(N)C(CO)N(C)CCc1ccncc1. The largest absolute Gasteiger partial charge is 0.395 e. The van der Waals surface area contributed by atoms with E-state index in [-0.39, 0.29) is 18.7 Å². The zero-order valence-electron chi connectivity index (χ0n) is 10.0. The molecule has 0 bridgehead atoms. The highest BCUT2D eigenvalue weighted by atomic mass is 16.3. The van der Waals surface area contributed by atoms with E-state index in [1.165, 1.54) is 5.56 Å².